The van der Waals surface area contributed by atoms with E-state index in [9.17, 15) is 9.59 Å². The van der Waals surface area contributed by atoms with Gasteiger partial charge >= 0.3 is 0 Å². The SMILES string of the molecule is NC(=O)[C@@H](Cc1ccc(Cl)cc1Cl)NC(=O)[C@@H]1CCCO1. The number of ether oxygens (including phenoxy) is 1. The van der Waals surface area contributed by atoms with Gasteiger partial charge in [0.2, 0.25) is 11.8 Å². The lowest BCUT2D eigenvalue weighted by molar-refractivity contribution is -0.133. The minimum atomic E-state index is -0.833. The summed E-state index contributed by atoms with van der Waals surface area (Å²) in [7, 11) is 0. The Morgan fingerprint density at radius 1 is 1.43 bits per heavy atom. The Hall–Kier alpha value is -1.30. The Labute approximate surface area is 132 Å². The van der Waals surface area contributed by atoms with Gasteiger partial charge < -0.3 is 15.8 Å². The first-order valence-corrected chi connectivity index (χ1v) is 7.38. The van der Waals surface area contributed by atoms with Crippen molar-refractivity contribution in [1.29, 1.82) is 0 Å². The average Bonchev–Trinajstić information content (AvgIpc) is 2.94. The maximum Gasteiger partial charge on any atom is 0.249 e. The number of primary amides is 1. The Morgan fingerprint density at radius 2 is 2.19 bits per heavy atom. The van der Waals surface area contributed by atoms with Crippen molar-refractivity contribution >= 4 is 35.0 Å². The summed E-state index contributed by atoms with van der Waals surface area (Å²) in [6.45, 7) is 0.558. The second kappa shape index (κ2) is 7.11. The summed E-state index contributed by atoms with van der Waals surface area (Å²) in [5.41, 5.74) is 6.04. The molecule has 1 aromatic carbocycles. The molecule has 2 amide bonds. The molecule has 0 bridgehead atoms. The van der Waals surface area contributed by atoms with Crippen LogP contribution in [-0.2, 0) is 20.7 Å². The minimum absolute atomic E-state index is 0.212. The molecular weight excluding hydrogens is 315 g/mol. The van der Waals surface area contributed by atoms with Gasteiger partial charge in [0.15, 0.2) is 0 Å². The summed E-state index contributed by atoms with van der Waals surface area (Å²) in [6.07, 6.45) is 1.19. The van der Waals surface area contributed by atoms with E-state index in [0.29, 0.717) is 28.6 Å². The van der Waals surface area contributed by atoms with Crippen LogP contribution in [0.5, 0.6) is 0 Å². The number of nitrogens with one attached hydrogen (secondary N) is 1. The van der Waals surface area contributed by atoms with Gasteiger partial charge in [-0.3, -0.25) is 9.59 Å². The number of carbonyl (C=O) groups excluding carboxylic acids is 2. The predicted octanol–water partition coefficient (Wildman–Crippen LogP) is 1.68. The fraction of sp³-hybridized carbons (Fsp3) is 0.429. The Bertz CT molecular complexity index is 545. The van der Waals surface area contributed by atoms with E-state index < -0.39 is 18.1 Å². The molecule has 2 atom stereocenters. The molecule has 7 heteroatoms. The van der Waals surface area contributed by atoms with Crippen molar-refractivity contribution in [3.8, 4) is 0 Å². The molecule has 1 saturated heterocycles. The van der Waals surface area contributed by atoms with Gasteiger partial charge in [-0.25, -0.2) is 0 Å². The molecular formula is C14H16Cl2N2O3. The molecule has 114 valence electrons. The highest BCUT2D eigenvalue weighted by Crippen LogP contribution is 2.22. The number of halogens is 2. The maximum absolute atomic E-state index is 12.0. The summed E-state index contributed by atoms with van der Waals surface area (Å²) in [4.78, 5) is 23.5. The summed E-state index contributed by atoms with van der Waals surface area (Å²) < 4.78 is 5.28. The highest BCUT2D eigenvalue weighted by atomic mass is 35.5. The van der Waals surface area contributed by atoms with Crippen LogP contribution in [-0.4, -0.2) is 30.6 Å². The fourth-order valence-electron chi connectivity index (χ4n) is 2.18. The quantitative estimate of drug-likeness (QED) is 0.861. The number of carbonyl (C=O) groups is 2. The smallest absolute Gasteiger partial charge is 0.249 e. The lowest BCUT2D eigenvalue weighted by Crippen LogP contribution is -2.49. The molecule has 0 aromatic heterocycles. The minimum Gasteiger partial charge on any atom is -0.368 e. The third-order valence-electron chi connectivity index (χ3n) is 3.32. The first-order chi connectivity index (χ1) is 9.97. The van der Waals surface area contributed by atoms with Gasteiger partial charge in [0.1, 0.15) is 12.1 Å². The summed E-state index contributed by atoms with van der Waals surface area (Å²) >= 11 is 11.9. The summed E-state index contributed by atoms with van der Waals surface area (Å²) in [5, 5.41) is 3.55. The van der Waals surface area contributed by atoms with Crippen molar-refractivity contribution in [1.82, 2.24) is 5.32 Å². The van der Waals surface area contributed by atoms with Crippen LogP contribution in [0.3, 0.4) is 0 Å². The van der Waals surface area contributed by atoms with E-state index in [1.807, 2.05) is 0 Å². The normalized spacial score (nSPS) is 19.2. The standard InChI is InChI=1S/C14H16Cl2N2O3/c15-9-4-3-8(10(16)7-9)6-11(13(17)19)18-14(20)12-2-1-5-21-12/h3-4,7,11-12H,1-2,5-6H2,(H2,17,19)(H,18,20)/t11-,12+/m1/s1. The molecule has 3 N–H and O–H groups in total. The molecule has 1 aliphatic heterocycles. The van der Waals surface area contributed by atoms with Gasteiger partial charge in [0, 0.05) is 23.1 Å². The van der Waals surface area contributed by atoms with Gasteiger partial charge in [-0.1, -0.05) is 29.3 Å². The monoisotopic (exact) mass is 330 g/mol. The number of nitrogens with two attached hydrogens (primary N) is 1. The maximum atomic E-state index is 12.0. The van der Waals surface area contributed by atoms with E-state index in [2.05, 4.69) is 5.32 Å². The van der Waals surface area contributed by atoms with Crippen molar-refractivity contribution < 1.29 is 14.3 Å². The van der Waals surface area contributed by atoms with E-state index in [1.165, 1.54) is 0 Å². The number of hydrogen-bond acceptors (Lipinski definition) is 3. The predicted molar refractivity (Wildman–Crippen MR) is 80.3 cm³/mol. The average molecular weight is 331 g/mol. The van der Waals surface area contributed by atoms with Crippen molar-refractivity contribution in [2.24, 2.45) is 5.73 Å². The largest absolute Gasteiger partial charge is 0.368 e. The van der Waals surface area contributed by atoms with Crippen LogP contribution >= 0.6 is 23.2 Å². The van der Waals surface area contributed by atoms with Crippen molar-refractivity contribution in [2.45, 2.75) is 31.4 Å². The van der Waals surface area contributed by atoms with Crippen LogP contribution in [0.2, 0.25) is 10.0 Å². The second-order valence-electron chi connectivity index (χ2n) is 4.91. The molecule has 0 saturated carbocycles. The van der Waals surface area contributed by atoms with Gasteiger partial charge in [0.25, 0.3) is 0 Å². The zero-order chi connectivity index (χ0) is 15.4. The summed E-state index contributed by atoms with van der Waals surface area (Å²) in [6, 6.07) is 4.13. The lowest BCUT2D eigenvalue weighted by Gasteiger charge is -2.18. The van der Waals surface area contributed by atoms with Gasteiger partial charge in [-0.15, -0.1) is 0 Å². The first kappa shape index (κ1) is 16.1. The van der Waals surface area contributed by atoms with E-state index in [-0.39, 0.29) is 12.3 Å². The molecule has 5 nitrogen and oxygen atoms in total. The molecule has 0 radical (unpaired) electrons. The molecule has 1 fully saturated rings. The Kier molecular flexibility index (Phi) is 5.45. The second-order valence-corrected chi connectivity index (χ2v) is 5.75. The lowest BCUT2D eigenvalue weighted by atomic mass is 10.0. The van der Waals surface area contributed by atoms with Crippen molar-refractivity contribution in [3.05, 3.63) is 33.8 Å². The van der Waals surface area contributed by atoms with Gasteiger partial charge in [-0.2, -0.15) is 0 Å². The molecule has 0 unspecified atom stereocenters. The van der Waals surface area contributed by atoms with Crippen LogP contribution in [0.1, 0.15) is 18.4 Å². The third kappa shape index (κ3) is 4.33. The number of benzene rings is 1. The molecule has 2 rings (SSSR count). The van der Waals surface area contributed by atoms with E-state index in [0.717, 1.165) is 6.42 Å². The van der Waals surface area contributed by atoms with Crippen molar-refractivity contribution in [2.75, 3.05) is 6.61 Å². The highest BCUT2D eigenvalue weighted by molar-refractivity contribution is 6.35. The fourth-order valence-corrected chi connectivity index (χ4v) is 2.66. The topological polar surface area (TPSA) is 81.4 Å². The van der Waals surface area contributed by atoms with E-state index >= 15 is 0 Å². The third-order valence-corrected chi connectivity index (χ3v) is 3.91. The molecule has 1 aromatic rings. The number of hydrogen-bond donors (Lipinski definition) is 2. The molecule has 0 aliphatic carbocycles. The summed E-state index contributed by atoms with van der Waals surface area (Å²) in [5.74, 6) is -0.936. The van der Waals surface area contributed by atoms with E-state index in [1.54, 1.807) is 18.2 Å². The van der Waals surface area contributed by atoms with Crippen LogP contribution in [0.15, 0.2) is 18.2 Å². The molecule has 0 spiro atoms. The van der Waals surface area contributed by atoms with Crippen LogP contribution in [0, 0.1) is 0 Å². The first-order valence-electron chi connectivity index (χ1n) is 6.62. The van der Waals surface area contributed by atoms with Gasteiger partial charge in [-0.05, 0) is 30.5 Å². The Morgan fingerprint density at radius 3 is 2.76 bits per heavy atom. The molecule has 1 aliphatic rings. The molecule has 1 heterocycles. The van der Waals surface area contributed by atoms with Gasteiger partial charge in [0.05, 0.1) is 0 Å². The van der Waals surface area contributed by atoms with E-state index in [4.69, 9.17) is 33.7 Å². The number of amides is 2. The molecule has 21 heavy (non-hydrogen) atoms. The van der Waals surface area contributed by atoms with Crippen LogP contribution in [0.25, 0.3) is 0 Å². The zero-order valence-corrected chi connectivity index (χ0v) is 12.8. The van der Waals surface area contributed by atoms with Crippen LogP contribution in [0.4, 0.5) is 0 Å². The zero-order valence-electron chi connectivity index (χ0n) is 11.3. The van der Waals surface area contributed by atoms with Crippen LogP contribution < -0.4 is 11.1 Å². The highest BCUT2D eigenvalue weighted by Gasteiger charge is 2.27. The Balaban J connectivity index is 2.04. The number of rotatable bonds is 5. The van der Waals surface area contributed by atoms with Crippen molar-refractivity contribution in [3.63, 3.8) is 0 Å².